The number of benzene rings is 2. The largest absolute Gasteiger partial charge is 0.353 e. The molecule has 1 heterocycles. The highest BCUT2D eigenvalue weighted by molar-refractivity contribution is 5.93. The van der Waals surface area contributed by atoms with Crippen molar-refractivity contribution in [3.8, 4) is 17.3 Å². The van der Waals surface area contributed by atoms with E-state index in [1.54, 1.807) is 0 Å². The Kier molecular flexibility index (Phi) is 2.79. The molecule has 1 N–H and O–H groups in total. The third-order valence-corrected chi connectivity index (χ3v) is 4.46. The van der Waals surface area contributed by atoms with Crippen LogP contribution in [-0.2, 0) is 12.8 Å². The number of nitrogens with zero attached hydrogens (tertiary/aromatic N) is 1. The molecule has 1 aliphatic rings. The van der Waals surface area contributed by atoms with E-state index in [4.69, 9.17) is 0 Å². The van der Waals surface area contributed by atoms with Crippen LogP contribution in [0.4, 0.5) is 0 Å². The molecule has 0 amide bonds. The van der Waals surface area contributed by atoms with Crippen LogP contribution in [-0.4, -0.2) is 4.98 Å². The van der Waals surface area contributed by atoms with Crippen LogP contribution in [0.3, 0.4) is 0 Å². The van der Waals surface area contributed by atoms with Gasteiger partial charge in [0, 0.05) is 10.9 Å². The summed E-state index contributed by atoms with van der Waals surface area (Å²) in [6.07, 6.45) is 4.91. The first-order valence-corrected chi connectivity index (χ1v) is 7.50. The molecule has 0 aliphatic heterocycles. The van der Waals surface area contributed by atoms with Gasteiger partial charge in [-0.15, -0.1) is 0 Å². The first-order valence-electron chi connectivity index (χ1n) is 7.50. The molecule has 2 aromatic carbocycles. The van der Waals surface area contributed by atoms with Gasteiger partial charge in [0.2, 0.25) is 0 Å². The predicted octanol–water partition coefficient (Wildman–Crippen LogP) is 4.59. The molecule has 0 unspecified atom stereocenters. The number of para-hydroxylation sites is 1. The summed E-state index contributed by atoms with van der Waals surface area (Å²) < 4.78 is 0. The van der Waals surface area contributed by atoms with Crippen molar-refractivity contribution in [3.05, 3.63) is 59.2 Å². The van der Waals surface area contributed by atoms with E-state index in [9.17, 15) is 5.26 Å². The molecule has 4 rings (SSSR count). The minimum atomic E-state index is 0.751. The lowest BCUT2D eigenvalue weighted by atomic mass is 9.89. The second-order valence-electron chi connectivity index (χ2n) is 5.72. The molecule has 0 radical (unpaired) electrons. The van der Waals surface area contributed by atoms with E-state index in [-0.39, 0.29) is 0 Å². The summed E-state index contributed by atoms with van der Waals surface area (Å²) in [7, 11) is 0. The zero-order chi connectivity index (χ0) is 14.2. The van der Waals surface area contributed by atoms with E-state index >= 15 is 0 Å². The number of nitrogens with one attached hydrogen (secondary N) is 1. The van der Waals surface area contributed by atoms with Gasteiger partial charge >= 0.3 is 0 Å². The van der Waals surface area contributed by atoms with Crippen molar-refractivity contribution in [1.29, 1.82) is 5.26 Å². The highest BCUT2D eigenvalue weighted by Crippen LogP contribution is 2.32. The summed E-state index contributed by atoms with van der Waals surface area (Å²) in [5, 5.41) is 10.5. The molecule has 102 valence electrons. The monoisotopic (exact) mass is 272 g/mol. The van der Waals surface area contributed by atoms with Crippen LogP contribution in [0.15, 0.2) is 42.5 Å². The smallest absolute Gasteiger partial charge is 0.102 e. The number of aryl methyl sites for hydroxylation is 2. The highest BCUT2D eigenvalue weighted by atomic mass is 14.7. The van der Waals surface area contributed by atoms with Crippen LogP contribution in [0.5, 0.6) is 0 Å². The van der Waals surface area contributed by atoms with Crippen molar-refractivity contribution in [2.45, 2.75) is 25.7 Å². The van der Waals surface area contributed by atoms with Gasteiger partial charge < -0.3 is 4.98 Å². The van der Waals surface area contributed by atoms with Gasteiger partial charge in [-0.3, -0.25) is 0 Å². The molecule has 0 spiro atoms. The summed E-state index contributed by atoms with van der Waals surface area (Å²) in [4.78, 5) is 3.42. The van der Waals surface area contributed by atoms with E-state index in [2.05, 4.69) is 29.3 Å². The average molecular weight is 272 g/mol. The van der Waals surface area contributed by atoms with Crippen molar-refractivity contribution >= 4 is 10.9 Å². The average Bonchev–Trinajstić information content (AvgIpc) is 2.93. The van der Waals surface area contributed by atoms with Gasteiger partial charge in [0.25, 0.3) is 0 Å². The van der Waals surface area contributed by atoms with Crippen LogP contribution in [0.1, 0.15) is 29.5 Å². The molecule has 0 saturated carbocycles. The quantitative estimate of drug-likeness (QED) is 0.691. The summed E-state index contributed by atoms with van der Waals surface area (Å²) in [6, 6.07) is 17.0. The first kappa shape index (κ1) is 12.2. The predicted molar refractivity (Wildman–Crippen MR) is 85.1 cm³/mol. The lowest BCUT2D eigenvalue weighted by Gasteiger charge is -2.16. The van der Waals surface area contributed by atoms with Gasteiger partial charge in [0.15, 0.2) is 0 Å². The summed E-state index contributed by atoms with van der Waals surface area (Å²) >= 11 is 0. The molecule has 1 aromatic heterocycles. The maximum Gasteiger partial charge on any atom is 0.102 e. The Morgan fingerprint density at radius 1 is 0.952 bits per heavy atom. The number of aromatic amines is 1. The zero-order valence-electron chi connectivity index (χ0n) is 11.8. The summed E-state index contributed by atoms with van der Waals surface area (Å²) in [5.41, 5.74) is 6.78. The number of nitriles is 1. The second-order valence-corrected chi connectivity index (χ2v) is 5.72. The van der Waals surface area contributed by atoms with Crippen molar-refractivity contribution < 1.29 is 0 Å². The Labute approximate surface area is 124 Å². The van der Waals surface area contributed by atoms with Crippen LogP contribution in [0.25, 0.3) is 22.2 Å². The van der Waals surface area contributed by atoms with Crippen molar-refractivity contribution in [1.82, 2.24) is 4.98 Å². The third kappa shape index (κ3) is 1.94. The Hall–Kier alpha value is -2.53. The van der Waals surface area contributed by atoms with E-state index in [0.717, 1.165) is 34.1 Å². The fourth-order valence-corrected chi connectivity index (χ4v) is 3.36. The Morgan fingerprint density at radius 2 is 1.76 bits per heavy atom. The van der Waals surface area contributed by atoms with Crippen LogP contribution < -0.4 is 0 Å². The first-order chi connectivity index (χ1) is 10.4. The van der Waals surface area contributed by atoms with Crippen molar-refractivity contribution in [3.63, 3.8) is 0 Å². The maximum absolute atomic E-state index is 9.54. The molecular weight excluding hydrogens is 256 g/mol. The van der Waals surface area contributed by atoms with E-state index in [1.165, 1.54) is 30.4 Å². The Bertz CT molecular complexity index is 865. The molecular formula is C19H16N2. The minimum Gasteiger partial charge on any atom is -0.353 e. The molecule has 0 atom stereocenters. The molecule has 0 fully saturated rings. The Morgan fingerprint density at radius 3 is 2.62 bits per heavy atom. The summed E-state index contributed by atoms with van der Waals surface area (Å²) in [5.74, 6) is 0. The minimum absolute atomic E-state index is 0.751. The maximum atomic E-state index is 9.54. The SMILES string of the molecule is N#Cc1c(-c2ccc3c(c2)CCCC3)[nH]c2ccccc12. The van der Waals surface area contributed by atoms with Gasteiger partial charge in [-0.05, 0) is 54.5 Å². The van der Waals surface area contributed by atoms with Crippen molar-refractivity contribution in [2.75, 3.05) is 0 Å². The van der Waals surface area contributed by atoms with Gasteiger partial charge in [0.1, 0.15) is 6.07 Å². The lowest BCUT2D eigenvalue weighted by Crippen LogP contribution is -2.02. The Balaban J connectivity index is 1.92. The van der Waals surface area contributed by atoms with Gasteiger partial charge in [-0.25, -0.2) is 0 Å². The molecule has 3 aromatic rings. The van der Waals surface area contributed by atoms with Gasteiger partial charge in [0.05, 0.1) is 11.3 Å². The topological polar surface area (TPSA) is 39.6 Å². The van der Waals surface area contributed by atoms with Gasteiger partial charge in [-0.1, -0.05) is 30.3 Å². The normalized spacial score (nSPS) is 13.9. The molecule has 2 heteroatoms. The third-order valence-electron chi connectivity index (χ3n) is 4.46. The number of H-pyrrole nitrogens is 1. The summed E-state index contributed by atoms with van der Waals surface area (Å²) in [6.45, 7) is 0. The number of rotatable bonds is 1. The lowest BCUT2D eigenvalue weighted by molar-refractivity contribution is 0.686. The number of fused-ring (bicyclic) bond motifs is 2. The molecule has 2 nitrogen and oxygen atoms in total. The van der Waals surface area contributed by atoms with Crippen LogP contribution >= 0.6 is 0 Å². The molecule has 0 saturated heterocycles. The fourth-order valence-electron chi connectivity index (χ4n) is 3.36. The van der Waals surface area contributed by atoms with Crippen LogP contribution in [0.2, 0.25) is 0 Å². The van der Waals surface area contributed by atoms with E-state index < -0.39 is 0 Å². The fraction of sp³-hybridized carbons (Fsp3) is 0.211. The number of hydrogen-bond acceptors (Lipinski definition) is 1. The molecule has 0 bridgehead atoms. The second kappa shape index (κ2) is 4.79. The van der Waals surface area contributed by atoms with Crippen molar-refractivity contribution in [2.24, 2.45) is 0 Å². The van der Waals surface area contributed by atoms with Crippen LogP contribution in [0, 0.1) is 11.3 Å². The highest BCUT2D eigenvalue weighted by Gasteiger charge is 2.15. The molecule has 1 aliphatic carbocycles. The van der Waals surface area contributed by atoms with E-state index in [0.29, 0.717) is 0 Å². The number of hydrogen-bond donors (Lipinski definition) is 1. The van der Waals surface area contributed by atoms with E-state index in [1.807, 2.05) is 24.3 Å². The molecule has 21 heavy (non-hydrogen) atoms. The zero-order valence-corrected chi connectivity index (χ0v) is 11.8. The van der Waals surface area contributed by atoms with Gasteiger partial charge in [-0.2, -0.15) is 5.26 Å². The standard InChI is InChI=1S/C19H16N2/c20-12-17-16-7-3-4-8-18(16)21-19(17)15-10-9-13-5-1-2-6-14(13)11-15/h3-4,7-11,21H,1-2,5-6H2. The number of aromatic nitrogens is 1.